The molecule has 0 fully saturated rings. The number of anilines is 1. The number of amides is 1. The first-order valence-electron chi connectivity index (χ1n) is 9.20. The van der Waals surface area contributed by atoms with Gasteiger partial charge in [-0.05, 0) is 49.9 Å². The molecule has 1 aromatic carbocycles. The zero-order chi connectivity index (χ0) is 18.4. The van der Waals surface area contributed by atoms with Crippen molar-refractivity contribution in [3.63, 3.8) is 0 Å². The van der Waals surface area contributed by atoms with Crippen molar-refractivity contribution in [3.05, 3.63) is 40.4 Å². The van der Waals surface area contributed by atoms with Gasteiger partial charge in [-0.1, -0.05) is 19.8 Å². The number of fused-ring (bicyclic) bond motifs is 1. The lowest BCUT2D eigenvalue weighted by Gasteiger charge is -2.06. The number of ketones is 1. The topological polar surface area (TPSA) is 68.3 Å². The van der Waals surface area contributed by atoms with Crippen LogP contribution in [0.2, 0.25) is 0 Å². The molecule has 1 heterocycles. The van der Waals surface area contributed by atoms with Crippen molar-refractivity contribution < 1.29 is 14.3 Å². The van der Waals surface area contributed by atoms with Crippen LogP contribution in [-0.2, 0) is 17.6 Å². The largest absolute Gasteiger partial charge is 0.484 e. The Morgan fingerprint density at radius 2 is 1.85 bits per heavy atom. The van der Waals surface area contributed by atoms with Gasteiger partial charge < -0.3 is 4.74 Å². The number of rotatable bonds is 6. The Kier molecular flexibility index (Phi) is 6.39. The highest BCUT2D eigenvalue weighted by Crippen LogP contribution is 2.28. The molecular weight excluding hydrogens is 348 g/mol. The van der Waals surface area contributed by atoms with Gasteiger partial charge in [0, 0.05) is 16.9 Å². The number of carbonyl (C=O) groups is 2. The minimum Gasteiger partial charge on any atom is -0.484 e. The second kappa shape index (κ2) is 8.94. The Labute approximate surface area is 157 Å². The average molecular weight is 372 g/mol. The number of benzene rings is 1. The van der Waals surface area contributed by atoms with E-state index in [0.717, 1.165) is 18.5 Å². The highest BCUT2D eigenvalue weighted by atomic mass is 32.1. The monoisotopic (exact) mass is 372 g/mol. The Bertz CT molecular complexity index is 742. The number of aryl methyl sites for hydroxylation is 2. The maximum Gasteiger partial charge on any atom is 0.264 e. The first-order valence-corrected chi connectivity index (χ1v) is 10.0. The molecule has 0 unspecified atom stereocenters. The van der Waals surface area contributed by atoms with Gasteiger partial charge in [0.05, 0.1) is 5.69 Å². The molecule has 0 aliphatic heterocycles. The summed E-state index contributed by atoms with van der Waals surface area (Å²) < 4.78 is 5.50. The molecule has 0 spiro atoms. The molecule has 6 heteroatoms. The van der Waals surface area contributed by atoms with Gasteiger partial charge in [0.25, 0.3) is 5.91 Å². The highest BCUT2D eigenvalue weighted by molar-refractivity contribution is 7.15. The Balaban J connectivity index is 1.52. The molecule has 1 aliphatic carbocycles. The van der Waals surface area contributed by atoms with Gasteiger partial charge in [-0.15, -0.1) is 11.3 Å². The van der Waals surface area contributed by atoms with E-state index in [1.165, 1.54) is 30.6 Å². The summed E-state index contributed by atoms with van der Waals surface area (Å²) in [5.74, 6) is 0.438. The molecule has 1 aromatic heterocycles. The SMILES string of the molecule is CCC(=O)c1ccc(OCC(=O)Nc2nc3c(s2)CCCCCC3)cc1. The number of carbonyl (C=O) groups excluding carboxylic acids is 2. The third kappa shape index (κ3) is 4.91. The van der Waals surface area contributed by atoms with E-state index in [1.807, 2.05) is 6.92 Å². The number of hydrogen-bond acceptors (Lipinski definition) is 5. The predicted molar refractivity (Wildman–Crippen MR) is 103 cm³/mol. The van der Waals surface area contributed by atoms with E-state index < -0.39 is 0 Å². The van der Waals surface area contributed by atoms with Gasteiger partial charge >= 0.3 is 0 Å². The molecule has 0 saturated carbocycles. The number of thiazole rings is 1. The van der Waals surface area contributed by atoms with Crippen molar-refractivity contribution in [1.29, 1.82) is 0 Å². The van der Waals surface area contributed by atoms with Crippen LogP contribution in [0.5, 0.6) is 5.75 Å². The molecule has 0 saturated heterocycles. The van der Waals surface area contributed by atoms with Crippen LogP contribution in [0.15, 0.2) is 24.3 Å². The van der Waals surface area contributed by atoms with Gasteiger partial charge in [-0.25, -0.2) is 4.98 Å². The zero-order valence-corrected chi connectivity index (χ0v) is 15.9. The van der Waals surface area contributed by atoms with Crippen LogP contribution in [-0.4, -0.2) is 23.3 Å². The zero-order valence-electron chi connectivity index (χ0n) is 15.0. The lowest BCUT2D eigenvalue weighted by atomic mass is 10.0. The molecule has 0 bridgehead atoms. The van der Waals surface area contributed by atoms with Crippen molar-refractivity contribution in [3.8, 4) is 5.75 Å². The van der Waals surface area contributed by atoms with Crippen molar-refractivity contribution in [2.45, 2.75) is 51.9 Å². The highest BCUT2D eigenvalue weighted by Gasteiger charge is 2.15. The van der Waals surface area contributed by atoms with Crippen molar-refractivity contribution >= 4 is 28.2 Å². The lowest BCUT2D eigenvalue weighted by molar-refractivity contribution is -0.118. The summed E-state index contributed by atoms with van der Waals surface area (Å²) in [7, 11) is 0. The molecule has 1 aliphatic rings. The molecule has 0 atom stereocenters. The molecule has 5 nitrogen and oxygen atoms in total. The maximum atomic E-state index is 12.1. The summed E-state index contributed by atoms with van der Waals surface area (Å²) in [6.07, 6.45) is 7.43. The van der Waals surface area contributed by atoms with E-state index >= 15 is 0 Å². The number of nitrogens with zero attached hydrogens (tertiary/aromatic N) is 1. The van der Waals surface area contributed by atoms with Gasteiger partial charge in [-0.3, -0.25) is 14.9 Å². The Hall–Kier alpha value is -2.21. The first-order chi connectivity index (χ1) is 12.7. The van der Waals surface area contributed by atoms with Crippen molar-refractivity contribution in [1.82, 2.24) is 4.98 Å². The van der Waals surface area contributed by atoms with Crippen LogP contribution in [0.25, 0.3) is 0 Å². The number of aromatic nitrogens is 1. The molecule has 26 heavy (non-hydrogen) atoms. The van der Waals surface area contributed by atoms with Crippen LogP contribution < -0.4 is 10.1 Å². The van der Waals surface area contributed by atoms with E-state index in [9.17, 15) is 9.59 Å². The fourth-order valence-corrected chi connectivity index (χ4v) is 4.07. The smallest absolute Gasteiger partial charge is 0.264 e. The minimum atomic E-state index is -0.222. The summed E-state index contributed by atoms with van der Waals surface area (Å²) >= 11 is 1.58. The van der Waals surface area contributed by atoms with Crippen LogP contribution in [0.1, 0.15) is 60.0 Å². The van der Waals surface area contributed by atoms with E-state index in [-0.39, 0.29) is 18.3 Å². The number of Topliss-reactive ketones (excluding diaryl/α,β-unsaturated/α-hetero) is 1. The minimum absolute atomic E-state index is 0.0781. The summed E-state index contributed by atoms with van der Waals surface area (Å²) in [5.41, 5.74) is 1.80. The number of hydrogen-bond donors (Lipinski definition) is 1. The van der Waals surface area contributed by atoms with E-state index in [4.69, 9.17) is 4.74 Å². The molecule has 0 radical (unpaired) electrons. The summed E-state index contributed by atoms with van der Waals surface area (Å²) in [6, 6.07) is 6.87. The third-order valence-corrected chi connectivity index (χ3v) is 5.53. The van der Waals surface area contributed by atoms with Gasteiger partial charge in [0.2, 0.25) is 0 Å². The van der Waals surface area contributed by atoms with Crippen LogP contribution in [0.4, 0.5) is 5.13 Å². The fraction of sp³-hybridized carbons (Fsp3) is 0.450. The van der Waals surface area contributed by atoms with Crippen LogP contribution in [0.3, 0.4) is 0 Å². The fourth-order valence-electron chi connectivity index (χ4n) is 3.00. The molecular formula is C20H24N2O3S. The Morgan fingerprint density at radius 3 is 2.58 bits per heavy atom. The number of ether oxygens (including phenoxy) is 1. The second-order valence-electron chi connectivity index (χ2n) is 6.44. The van der Waals surface area contributed by atoms with Crippen LogP contribution >= 0.6 is 11.3 Å². The standard InChI is InChI=1S/C20H24N2O3S/c1-2-17(23)14-9-11-15(12-10-14)25-13-19(24)22-20-21-16-7-5-3-4-6-8-18(16)26-20/h9-12H,2-8,13H2,1H3,(H,21,22,24). The normalized spacial score (nSPS) is 14.0. The predicted octanol–water partition coefficient (Wildman–Crippen LogP) is 4.41. The quantitative estimate of drug-likeness (QED) is 0.763. The number of nitrogens with one attached hydrogen (secondary N) is 1. The second-order valence-corrected chi connectivity index (χ2v) is 7.52. The third-order valence-electron chi connectivity index (χ3n) is 4.46. The molecule has 1 N–H and O–H groups in total. The molecule has 2 aromatic rings. The van der Waals surface area contributed by atoms with E-state index in [0.29, 0.717) is 22.9 Å². The summed E-state index contributed by atoms with van der Waals surface area (Å²) in [4.78, 5) is 29.6. The van der Waals surface area contributed by atoms with E-state index in [1.54, 1.807) is 35.6 Å². The molecule has 138 valence electrons. The average Bonchev–Trinajstić information content (AvgIpc) is 3.00. The van der Waals surface area contributed by atoms with Crippen LogP contribution in [0, 0.1) is 0 Å². The van der Waals surface area contributed by atoms with Gasteiger partial charge in [0.1, 0.15) is 5.75 Å². The first kappa shape index (κ1) is 18.6. The van der Waals surface area contributed by atoms with Crippen molar-refractivity contribution in [2.24, 2.45) is 0 Å². The molecule has 1 amide bonds. The Morgan fingerprint density at radius 1 is 1.12 bits per heavy atom. The maximum absolute atomic E-state index is 12.1. The van der Waals surface area contributed by atoms with E-state index in [2.05, 4.69) is 10.3 Å². The lowest BCUT2D eigenvalue weighted by Crippen LogP contribution is -2.20. The van der Waals surface area contributed by atoms with Crippen molar-refractivity contribution in [2.75, 3.05) is 11.9 Å². The molecule has 3 rings (SSSR count). The van der Waals surface area contributed by atoms with Gasteiger partial charge in [0.15, 0.2) is 17.5 Å². The van der Waals surface area contributed by atoms with Gasteiger partial charge in [-0.2, -0.15) is 0 Å². The summed E-state index contributed by atoms with van der Waals surface area (Å²) in [5, 5.41) is 3.50. The summed E-state index contributed by atoms with van der Waals surface area (Å²) in [6.45, 7) is 1.75.